The minimum absolute atomic E-state index is 0.0188. The summed E-state index contributed by atoms with van der Waals surface area (Å²) in [5, 5.41) is 4.76. The monoisotopic (exact) mass is 221 g/mol. The van der Waals surface area contributed by atoms with Crippen LogP contribution >= 0.6 is 0 Å². The summed E-state index contributed by atoms with van der Waals surface area (Å²) < 4.78 is 2.10. The minimum Gasteiger partial charge on any atom is -0.323 e. The van der Waals surface area contributed by atoms with Gasteiger partial charge in [0.2, 0.25) is 0 Å². The maximum atomic E-state index is 6.02. The predicted octanol–water partition coefficient (Wildman–Crippen LogP) is 2.93. The van der Waals surface area contributed by atoms with Gasteiger partial charge in [0.15, 0.2) is 0 Å². The molecule has 1 heterocycles. The second kappa shape index (κ2) is 3.88. The maximum Gasteiger partial charge on any atom is 0.0659 e. The van der Waals surface area contributed by atoms with Crippen molar-refractivity contribution in [3.63, 3.8) is 0 Å². The van der Waals surface area contributed by atoms with Gasteiger partial charge < -0.3 is 5.73 Å². The summed E-state index contributed by atoms with van der Waals surface area (Å²) in [6.45, 7) is 8.56. The minimum atomic E-state index is 0.0188. The van der Waals surface area contributed by atoms with Crippen LogP contribution < -0.4 is 5.73 Å². The predicted molar refractivity (Wildman–Crippen MR) is 66.4 cm³/mol. The molecular formula is C13H23N3. The molecule has 3 nitrogen and oxygen atoms in total. The topological polar surface area (TPSA) is 43.8 Å². The largest absolute Gasteiger partial charge is 0.323 e. The molecule has 1 aliphatic carbocycles. The molecule has 1 fully saturated rings. The molecule has 1 aromatic heterocycles. The summed E-state index contributed by atoms with van der Waals surface area (Å²) in [6, 6.07) is 2.26. The van der Waals surface area contributed by atoms with Gasteiger partial charge >= 0.3 is 0 Å². The van der Waals surface area contributed by atoms with E-state index < -0.39 is 0 Å². The lowest BCUT2D eigenvalue weighted by Gasteiger charge is -2.25. The second-order valence-electron chi connectivity index (χ2n) is 5.99. The molecule has 1 atom stereocenters. The fourth-order valence-electron chi connectivity index (χ4n) is 2.18. The van der Waals surface area contributed by atoms with Crippen LogP contribution in [0, 0.1) is 0 Å². The van der Waals surface area contributed by atoms with Gasteiger partial charge in [0.25, 0.3) is 0 Å². The molecule has 0 radical (unpaired) electrons. The van der Waals surface area contributed by atoms with E-state index in [0.717, 1.165) is 5.69 Å². The molecule has 16 heavy (non-hydrogen) atoms. The molecule has 0 spiro atoms. The smallest absolute Gasteiger partial charge is 0.0659 e. The van der Waals surface area contributed by atoms with E-state index in [9.17, 15) is 0 Å². The lowest BCUT2D eigenvalue weighted by Crippen LogP contribution is -2.28. The Bertz CT molecular complexity index is 367. The molecule has 3 heteroatoms. The molecule has 2 N–H and O–H groups in total. The molecule has 0 saturated heterocycles. The van der Waals surface area contributed by atoms with Crippen molar-refractivity contribution in [3.8, 4) is 0 Å². The van der Waals surface area contributed by atoms with Gasteiger partial charge in [-0.05, 0) is 46.6 Å². The first-order valence-corrected chi connectivity index (χ1v) is 6.25. The van der Waals surface area contributed by atoms with Crippen molar-refractivity contribution in [3.05, 3.63) is 17.5 Å². The molecule has 90 valence electrons. The van der Waals surface area contributed by atoms with Crippen LogP contribution in [0.2, 0.25) is 0 Å². The van der Waals surface area contributed by atoms with Gasteiger partial charge in [-0.3, -0.25) is 4.68 Å². The fraction of sp³-hybridized carbons (Fsp3) is 0.769. The van der Waals surface area contributed by atoms with E-state index in [1.165, 1.54) is 25.0 Å². The normalized spacial score (nSPS) is 19.6. The molecule has 1 saturated carbocycles. The van der Waals surface area contributed by atoms with E-state index in [-0.39, 0.29) is 11.6 Å². The van der Waals surface area contributed by atoms with Crippen LogP contribution in [0.25, 0.3) is 0 Å². The van der Waals surface area contributed by atoms with E-state index in [4.69, 9.17) is 10.8 Å². The Labute approximate surface area is 98.0 Å². The van der Waals surface area contributed by atoms with E-state index in [1.807, 2.05) is 6.92 Å². The first kappa shape index (κ1) is 11.6. The Balaban J connectivity index is 2.37. The Hall–Kier alpha value is -0.830. The average Bonchev–Trinajstić information content (AvgIpc) is 2.44. The highest BCUT2D eigenvalue weighted by Gasteiger charge is 2.27. The third-order valence-corrected chi connectivity index (χ3v) is 3.38. The van der Waals surface area contributed by atoms with Crippen molar-refractivity contribution in [2.24, 2.45) is 5.73 Å². The summed E-state index contributed by atoms with van der Waals surface area (Å²) in [6.07, 6.45) is 3.93. The molecule has 0 aromatic carbocycles. The Kier molecular flexibility index (Phi) is 2.82. The Morgan fingerprint density at radius 2 is 2.06 bits per heavy atom. The molecule has 1 aromatic rings. The molecular weight excluding hydrogens is 198 g/mol. The zero-order valence-corrected chi connectivity index (χ0v) is 10.8. The van der Waals surface area contributed by atoms with Crippen molar-refractivity contribution >= 4 is 0 Å². The number of nitrogens with two attached hydrogens (primary N) is 1. The van der Waals surface area contributed by atoms with Gasteiger partial charge in [0, 0.05) is 12.0 Å². The SMILES string of the molecule is C[C@@H](N)c1cc(C2CCC2)nn1C(C)(C)C. The van der Waals surface area contributed by atoms with Crippen LogP contribution in [0.4, 0.5) is 0 Å². The van der Waals surface area contributed by atoms with Crippen LogP contribution in [0.5, 0.6) is 0 Å². The van der Waals surface area contributed by atoms with Crippen molar-refractivity contribution in [1.82, 2.24) is 9.78 Å². The lowest BCUT2D eigenvalue weighted by atomic mass is 9.83. The number of rotatable bonds is 2. The van der Waals surface area contributed by atoms with Gasteiger partial charge in [-0.15, -0.1) is 0 Å². The Morgan fingerprint density at radius 3 is 2.38 bits per heavy atom. The molecule has 0 unspecified atom stereocenters. The van der Waals surface area contributed by atoms with Gasteiger partial charge in [0.1, 0.15) is 0 Å². The summed E-state index contributed by atoms with van der Waals surface area (Å²) in [4.78, 5) is 0. The van der Waals surface area contributed by atoms with E-state index in [2.05, 4.69) is 31.5 Å². The van der Waals surface area contributed by atoms with E-state index in [0.29, 0.717) is 5.92 Å². The van der Waals surface area contributed by atoms with Gasteiger partial charge in [-0.2, -0.15) is 5.10 Å². The Morgan fingerprint density at radius 1 is 1.44 bits per heavy atom. The summed E-state index contributed by atoms with van der Waals surface area (Å²) >= 11 is 0. The number of aromatic nitrogens is 2. The van der Waals surface area contributed by atoms with E-state index >= 15 is 0 Å². The molecule has 1 aliphatic rings. The molecule has 0 aliphatic heterocycles. The first-order chi connectivity index (χ1) is 7.39. The molecule has 0 bridgehead atoms. The molecule has 2 rings (SSSR count). The van der Waals surface area contributed by atoms with Crippen LogP contribution in [0.1, 0.15) is 70.3 Å². The van der Waals surface area contributed by atoms with E-state index in [1.54, 1.807) is 0 Å². The summed E-state index contributed by atoms with van der Waals surface area (Å²) in [7, 11) is 0. The summed E-state index contributed by atoms with van der Waals surface area (Å²) in [5.74, 6) is 0.682. The zero-order valence-electron chi connectivity index (χ0n) is 10.8. The fourth-order valence-corrected chi connectivity index (χ4v) is 2.18. The quantitative estimate of drug-likeness (QED) is 0.834. The number of hydrogen-bond donors (Lipinski definition) is 1. The van der Waals surface area contributed by atoms with Gasteiger partial charge in [-0.25, -0.2) is 0 Å². The highest BCUT2D eigenvalue weighted by atomic mass is 15.3. The van der Waals surface area contributed by atoms with Gasteiger partial charge in [-0.1, -0.05) is 6.42 Å². The average molecular weight is 221 g/mol. The highest BCUT2D eigenvalue weighted by Crippen LogP contribution is 2.37. The molecule has 0 amide bonds. The van der Waals surface area contributed by atoms with Crippen LogP contribution in [-0.4, -0.2) is 9.78 Å². The standard InChI is InChI=1S/C13H23N3/c1-9(14)12-8-11(10-6-5-7-10)15-16(12)13(2,3)4/h8-10H,5-7,14H2,1-4H3/t9-/m1/s1. The lowest BCUT2D eigenvalue weighted by molar-refractivity contribution is 0.327. The van der Waals surface area contributed by atoms with Crippen molar-refractivity contribution < 1.29 is 0 Å². The number of nitrogens with zero attached hydrogens (tertiary/aromatic N) is 2. The first-order valence-electron chi connectivity index (χ1n) is 6.25. The highest BCUT2D eigenvalue weighted by molar-refractivity contribution is 5.19. The second-order valence-corrected chi connectivity index (χ2v) is 5.99. The zero-order chi connectivity index (χ0) is 11.9. The third kappa shape index (κ3) is 2.01. The van der Waals surface area contributed by atoms with Crippen LogP contribution in [0.15, 0.2) is 6.07 Å². The van der Waals surface area contributed by atoms with Crippen LogP contribution in [0.3, 0.4) is 0 Å². The maximum absolute atomic E-state index is 6.02. The van der Waals surface area contributed by atoms with Crippen molar-refractivity contribution in [1.29, 1.82) is 0 Å². The third-order valence-electron chi connectivity index (χ3n) is 3.38. The van der Waals surface area contributed by atoms with Crippen molar-refractivity contribution in [2.45, 2.75) is 64.5 Å². The number of hydrogen-bond acceptors (Lipinski definition) is 2. The van der Waals surface area contributed by atoms with Crippen molar-refractivity contribution in [2.75, 3.05) is 0 Å². The van der Waals surface area contributed by atoms with Crippen LogP contribution in [-0.2, 0) is 5.54 Å². The summed E-state index contributed by atoms with van der Waals surface area (Å²) in [5.41, 5.74) is 8.45. The van der Waals surface area contributed by atoms with Gasteiger partial charge in [0.05, 0.1) is 16.9 Å².